The van der Waals surface area contributed by atoms with E-state index in [0.29, 0.717) is 11.1 Å². The zero-order valence-electron chi connectivity index (χ0n) is 34.5. The number of halogens is 1. The molecule has 0 radical (unpaired) electrons. The molecule has 0 aromatic heterocycles. The molecule has 1 nitrogen and oxygen atoms in total. The molecule has 0 aliphatic carbocycles. The highest BCUT2D eigenvalue weighted by Gasteiger charge is 2.22. The summed E-state index contributed by atoms with van der Waals surface area (Å²) in [5.41, 5.74) is 19.0. The van der Waals surface area contributed by atoms with Crippen LogP contribution in [0.15, 0.2) is 249 Å². The minimum absolute atomic E-state index is 0.148. The Hall–Kier alpha value is -8.20. The van der Waals surface area contributed by atoms with Crippen LogP contribution in [-0.4, -0.2) is 5.78 Å². The number of hydrogen-bond acceptors (Lipinski definition) is 1. The number of ketones is 1. The second-order valence-electron chi connectivity index (χ2n) is 15.6. The molecule has 2 heteroatoms. The van der Waals surface area contributed by atoms with Crippen LogP contribution in [0.2, 0.25) is 0 Å². The number of hydrogen-bond donors (Lipinski definition) is 0. The highest BCUT2D eigenvalue weighted by molar-refractivity contribution is 6.09. The first-order valence-electron chi connectivity index (χ1n) is 21.2. The normalized spacial score (nSPS) is 11.0. The van der Waals surface area contributed by atoms with Crippen molar-refractivity contribution >= 4 is 5.78 Å². The highest BCUT2D eigenvalue weighted by Crippen LogP contribution is 2.49. The van der Waals surface area contributed by atoms with Crippen molar-refractivity contribution in [2.45, 2.75) is 0 Å². The van der Waals surface area contributed by atoms with Crippen molar-refractivity contribution in [3.8, 4) is 89.0 Å². The second-order valence-corrected chi connectivity index (χ2v) is 15.6. The van der Waals surface area contributed by atoms with E-state index >= 15 is 0 Å². The lowest BCUT2D eigenvalue weighted by Gasteiger charge is -2.22. The molecule has 0 spiro atoms. The summed E-state index contributed by atoms with van der Waals surface area (Å²) in [4.78, 5) is 13.4. The topological polar surface area (TPSA) is 17.1 Å². The summed E-state index contributed by atoms with van der Waals surface area (Å²) < 4.78 is 13.7. The molecule has 0 unspecified atom stereocenters. The lowest BCUT2D eigenvalue weighted by Crippen LogP contribution is -2.01. The molecular weight excluding hydrogens is 768 g/mol. The number of rotatable bonds is 10. The van der Waals surface area contributed by atoms with Crippen molar-refractivity contribution in [1.82, 2.24) is 0 Å². The summed E-state index contributed by atoms with van der Waals surface area (Å²) in [6.45, 7) is 0. The molecule has 0 N–H and O–H groups in total. The Morgan fingerprint density at radius 2 is 0.460 bits per heavy atom. The Morgan fingerprint density at radius 3 is 0.762 bits per heavy atom. The van der Waals surface area contributed by atoms with Crippen LogP contribution in [0, 0.1) is 5.82 Å². The second kappa shape index (κ2) is 17.4. The van der Waals surface area contributed by atoms with Crippen LogP contribution in [0.25, 0.3) is 89.0 Å². The molecule has 0 fully saturated rings. The van der Waals surface area contributed by atoms with Gasteiger partial charge in [-0.25, -0.2) is 4.39 Å². The van der Waals surface area contributed by atoms with Gasteiger partial charge in [-0.3, -0.25) is 4.79 Å². The number of carbonyl (C=O) groups is 1. The Morgan fingerprint density at radius 1 is 0.238 bits per heavy atom. The van der Waals surface area contributed by atoms with Crippen molar-refractivity contribution in [1.29, 1.82) is 0 Å². The fraction of sp³-hybridized carbons (Fsp3) is 0. The maximum absolute atomic E-state index is 13.7. The molecule has 10 aromatic carbocycles. The summed E-state index contributed by atoms with van der Waals surface area (Å²) >= 11 is 0. The minimum atomic E-state index is -0.370. The lowest BCUT2D eigenvalue weighted by molar-refractivity contribution is 0.103. The maximum Gasteiger partial charge on any atom is 0.193 e. The van der Waals surface area contributed by atoms with Gasteiger partial charge in [0.15, 0.2) is 5.78 Å². The predicted octanol–water partition coefficient (Wildman–Crippen LogP) is 16.4. The van der Waals surface area contributed by atoms with Crippen LogP contribution in [0.1, 0.15) is 15.9 Å². The molecule has 0 bridgehead atoms. The summed E-state index contributed by atoms with van der Waals surface area (Å²) in [6.07, 6.45) is 0. The van der Waals surface area contributed by atoms with E-state index in [-0.39, 0.29) is 11.6 Å². The molecule has 0 amide bonds. The van der Waals surface area contributed by atoms with Crippen LogP contribution in [-0.2, 0) is 0 Å². The molecular formula is C61H41FO. The number of carbonyl (C=O) groups excluding carboxylic acids is 1. The largest absolute Gasteiger partial charge is 0.289 e. The minimum Gasteiger partial charge on any atom is -0.289 e. The van der Waals surface area contributed by atoms with Crippen molar-refractivity contribution in [3.63, 3.8) is 0 Å². The van der Waals surface area contributed by atoms with Crippen molar-refractivity contribution < 1.29 is 9.18 Å². The average Bonchev–Trinajstić information content (AvgIpc) is 3.37. The fourth-order valence-corrected chi connectivity index (χ4v) is 8.80. The van der Waals surface area contributed by atoms with E-state index in [1.54, 1.807) is 0 Å². The third-order valence-corrected chi connectivity index (χ3v) is 11.8. The first kappa shape index (κ1) is 39.0. The van der Waals surface area contributed by atoms with Gasteiger partial charge in [-0.15, -0.1) is 0 Å². The Labute approximate surface area is 368 Å². The van der Waals surface area contributed by atoms with Crippen LogP contribution in [0.5, 0.6) is 0 Å². The smallest absolute Gasteiger partial charge is 0.193 e. The summed E-state index contributed by atoms with van der Waals surface area (Å²) in [5, 5.41) is 0. The van der Waals surface area contributed by atoms with Crippen LogP contribution in [0.4, 0.5) is 4.39 Å². The van der Waals surface area contributed by atoms with E-state index in [1.165, 1.54) is 52.1 Å². The van der Waals surface area contributed by atoms with E-state index in [2.05, 4.69) is 194 Å². The zero-order chi connectivity index (χ0) is 42.5. The van der Waals surface area contributed by atoms with Crippen LogP contribution in [0.3, 0.4) is 0 Å². The van der Waals surface area contributed by atoms with Gasteiger partial charge in [-0.1, -0.05) is 224 Å². The molecule has 0 aliphatic rings. The van der Waals surface area contributed by atoms with Crippen LogP contribution < -0.4 is 0 Å². The fourth-order valence-electron chi connectivity index (χ4n) is 8.80. The lowest BCUT2D eigenvalue weighted by atomic mass is 9.81. The first-order valence-corrected chi connectivity index (χ1v) is 21.2. The zero-order valence-corrected chi connectivity index (χ0v) is 34.5. The highest BCUT2D eigenvalue weighted by atomic mass is 19.1. The van der Waals surface area contributed by atoms with Gasteiger partial charge in [-0.05, 0) is 113 Å². The average molecular weight is 809 g/mol. The maximum atomic E-state index is 13.7. The molecule has 0 saturated heterocycles. The van der Waals surface area contributed by atoms with E-state index in [1.807, 2.05) is 30.3 Å². The summed E-state index contributed by atoms with van der Waals surface area (Å²) in [5.74, 6) is -0.518. The molecule has 298 valence electrons. The van der Waals surface area contributed by atoms with Gasteiger partial charge in [0, 0.05) is 11.1 Å². The SMILES string of the molecule is O=C(c1ccc(F)cc1)c1ccc(-c2ccc(-c3ccccc3)c(-c3ccc(-c4c(-c5ccccc5)ccc(-c5ccccc5)c4-c4ccccc4)cc3)c2-c2ccccc2)cc1. The van der Waals surface area contributed by atoms with E-state index in [0.717, 1.165) is 61.2 Å². The van der Waals surface area contributed by atoms with E-state index in [4.69, 9.17) is 0 Å². The van der Waals surface area contributed by atoms with Gasteiger partial charge in [0.1, 0.15) is 5.82 Å². The van der Waals surface area contributed by atoms with Crippen molar-refractivity contribution in [3.05, 3.63) is 266 Å². The third kappa shape index (κ3) is 7.83. The van der Waals surface area contributed by atoms with Gasteiger partial charge >= 0.3 is 0 Å². The Kier molecular flexibility index (Phi) is 10.8. The van der Waals surface area contributed by atoms with Crippen molar-refractivity contribution in [2.24, 2.45) is 0 Å². The van der Waals surface area contributed by atoms with Gasteiger partial charge in [0.2, 0.25) is 0 Å². The van der Waals surface area contributed by atoms with Gasteiger partial charge in [-0.2, -0.15) is 0 Å². The monoisotopic (exact) mass is 808 g/mol. The quantitative estimate of drug-likeness (QED) is 0.126. The third-order valence-electron chi connectivity index (χ3n) is 11.8. The van der Waals surface area contributed by atoms with E-state index < -0.39 is 0 Å². The molecule has 0 atom stereocenters. The molecule has 0 heterocycles. The Bertz CT molecular complexity index is 3160. The standard InChI is InChI=1S/C61H41FO/c62-52-36-34-51(35-37-52)61(63)50-32-26-45(27-33-50)56-41-40-55(44-20-10-3-11-21-44)60(58(56)47-24-14-5-15-25-47)49-30-28-48(29-31-49)59-54(43-18-8-2-9-19-43)39-38-53(42-16-6-1-7-17-42)57(59)46-22-12-4-13-23-46/h1-41H. The molecule has 0 aliphatic heterocycles. The molecule has 10 rings (SSSR count). The molecule has 0 saturated carbocycles. The predicted molar refractivity (Wildman–Crippen MR) is 260 cm³/mol. The van der Waals surface area contributed by atoms with Crippen molar-refractivity contribution in [2.75, 3.05) is 0 Å². The molecule has 63 heavy (non-hydrogen) atoms. The van der Waals surface area contributed by atoms with Gasteiger partial charge in [0.25, 0.3) is 0 Å². The Balaban J connectivity index is 1.18. The van der Waals surface area contributed by atoms with E-state index in [9.17, 15) is 9.18 Å². The van der Waals surface area contributed by atoms with Gasteiger partial charge < -0.3 is 0 Å². The van der Waals surface area contributed by atoms with Crippen LogP contribution >= 0.6 is 0 Å². The first-order chi connectivity index (χ1) is 31.1. The number of benzene rings is 10. The molecule has 10 aromatic rings. The summed E-state index contributed by atoms with van der Waals surface area (Å²) in [6, 6.07) is 84.8. The summed E-state index contributed by atoms with van der Waals surface area (Å²) in [7, 11) is 0. The van der Waals surface area contributed by atoms with Gasteiger partial charge in [0.05, 0.1) is 0 Å².